The van der Waals surface area contributed by atoms with Crippen LogP contribution in [-0.4, -0.2) is 25.0 Å². The Morgan fingerprint density at radius 2 is 1.75 bits per heavy atom. The minimum Gasteiger partial charge on any atom is -0.497 e. The van der Waals surface area contributed by atoms with E-state index in [2.05, 4.69) is 15.8 Å². The van der Waals surface area contributed by atoms with Crippen molar-refractivity contribution in [3.8, 4) is 11.5 Å². The number of hydrogen-bond donors (Lipinski definition) is 2. The van der Waals surface area contributed by atoms with E-state index >= 15 is 0 Å². The summed E-state index contributed by atoms with van der Waals surface area (Å²) in [7, 11) is 3.23. The fourth-order valence-electron chi connectivity index (χ4n) is 2.09. The molecule has 2 aromatic rings. The van der Waals surface area contributed by atoms with Gasteiger partial charge < -0.3 is 14.8 Å². The first-order chi connectivity index (χ1) is 11.5. The van der Waals surface area contributed by atoms with E-state index in [9.17, 15) is 0 Å². The highest BCUT2D eigenvalue weighted by molar-refractivity contribution is 7.80. The minimum atomic E-state index is 0.422. The van der Waals surface area contributed by atoms with Gasteiger partial charge in [-0.3, -0.25) is 5.43 Å². The third-order valence-electron chi connectivity index (χ3n) is 3.43. The van der Waals surface area contributed by atoms with Crippen molar-refractivity contribution in [1.82, 2.24) is 5.43 Å². The summed E-state index contributed by atoms with van der Waals surface area (Å²) in [6.45, 7) is 3.92. The zero-order valence-corrected chi connectivity index (χ0v) is 15.0. The first-order valence-corrected chi connectivity index (χ1v) is 7.84. The van der Waals surface area contributed by atoms with Gasteiger partial charge in [-0.1, -0.05) is 17.7 Å². The number of nitrogens with zero attached hydrogens (tertiary/aromatic N) is 1. The van der Waals surface area contributed by atoms with Gasteiger partial charge in [0.2, 0.25) is 0 Å². The maximum absolute atomic E-state index is 5.39. The van der Waals surface area contributed by atoms with Gasteiger partial charge in [0.1, 0.15) is 11.5 Å². The summed E-state index contributed by atoms with van der Waals surface area (Å²) < 4.78 is 10.6. The molecule has 0 fully saturated rings. The van der Waals surface area contributed by atoms with Crippen LogP contribution in [0.25, 0.3) is 0 Å². The third-order valence-corrected chi connectivity index (χ3v) is 3.63. The topological polar surface area (TPSA) is 54.9 Å². The fourth-order valence-corrected chi connectivity index (χ4v) is 2.25. The smallest absolute Gasteiger partial charge is 0.191 e. The Morgan fingerprint density at radius 3 is 2.38 bits per heavy atom. The highest BCUT2D eigenvalue weighted by Gasteiger charge is 2.08. The molecule has 0 saturated heterocycles. The molecular formula is C18H21N3O2S. The highest BCUT2D eigenvalue weighted by Crippen LogP contribution is 2.25. The van der Waals surface area contributed by atoms with Gasteiger partial charge in [0.25, 0.3) is 0 Å². The second-order valence-electron chi connectivity index (χ2n) is 5.20. The molecule has 0 radical (unpaired) electrons. The number of nitrogens with one attached hydrogen (secondary N) is 2. The van der Waals surface area contributed by atoms with Crippen molar-refractivity contribution in [1.29, 1.82) is 0 Å². The summed E-state index contributed by atoms with van der Waals surface area (Å²) in [6, 6.07) is 13.5. The van der Waals surface area contributed by atoms with Gasteiger partial charge in [0.15, 0.2) is 5.11 Å². The van der Waals surface area contributed by atoms with E-state index in [1.165, 1.54) is 5.56 Å². The highest BCUT2D eigenvalue weighted by atomic mass is 32.1. The molecule has 0 aliphatic heterocycles. The Kier molecular flexibility index (Phi) is 6.14. The van der Waals surface area contributed by atoms with E-state index in [0.717, 1.165) is 22.7 Å². The van der Waals surface area contributed by atoms with E-state index in [0.29, 0.717) is 10.9 Å². The Labute approximate surface area is 147 Å². The lowest BCUT2D eigenvalue weighted by molar-refractivity contribution is 0.394. The van der Waals surface area contributed by atoms with Gasteiger partial charge in [0.05, 0.1) is 19.9 Å². The van der Waals surface area contributed by atoms with Gasteiger partial charge in [-0.05, 0) is 50.3 Å². The summed E-state index contributed by atoms with van der Waals surface area (Å²) in [4.78, 5) is 0. The molecule has 2 rings (SSSR count). The van der Waals surface area contributed by atoms with Crippen LogP contribution in [0.3, 0.4) is 0 Å². The van der Waals surface area contributed by atoms with E-state index in [4.69, 9.17) is 21.7 Å². The van der Waals surface area contributed by atoms with Crippen LogP contribution in [0.4, 0.5) is 5.69 Å². The van der Waals surface area contributed by atoms with Crippen molar-refractivity contribution in [2.24, 2.45) is 5.10 Å². The first kappa shape index (κ1) is 17.7. The molecular weight excluding hydrogens is 322 g/mol. The summed E-state index contributed by atoms with van der Waals surface area (Å²) in [5, 5.41) is 7.82. The van der Waals surface area contributed by atoms with E-state index in [1.807, 2.05) is 56.3 Å². The lowest BCUT2D eigenvalue weighted by Gasteiger charge is -2.11. The molecule has 0 aliphatic carbocycles. The quantitative estimate of drug-likeness (QED) is 0.492. The molecule has 2 N–H and O–H groups in total. The number of methoxy groups -OCH3 is 2. The Balaban J connectivity index is 2.05. The molecule has 24 heavy (non-hydrogen) atoms. The standard InChI is InChI=1S/C18H21N3O2S/c1-12-5-7-14(8-6-12)19-18(24)21-20-13(2)16-10-9-15(22-3)11-17(16)23-4/h5-11H,1-4H3,(H2,19,21,24)/b20-13-. The van der Waals surface area contributed by atoms with E-state index < -0.39 is 0 Å². The SMILES string of the molecule is COc1ccc(/C(C)=N\NC(=S)Nc2ccc(C)cc2)c(OC)c1. The zero-order chi connectivity index (χ0) is 17.5. The summed E-state index contributed by atoms with van der Waals surface area (Å²) in [5.74, 6) is 1.42. The third kappa shape index (κ3) is 4.70. The summed E-state index contributed by atoms with van der Waals surface area (Å²) >= 11 is 5.26. The second kappa shape index (κ2) is 8.31. The van der Waals surface area contributed by atoms with Crippen LogP contribution < -0.4 is 20.2 Å². The molecule has 2 aromatic carbocycles. The summed E-state index contributed by atoms with van der Waals surface area (Å²) in [5.41, 5.74) is 6.57. The molecule has 0 amide bonds. The van der Waals surface area contributed by atoms with Crippen LogP contribution in [0.15, 0.2) is 47.6 Å². The largest absolute Gasteiger partial charge is 0.497 e. The molecule has 0 aliphatic rings. The fraction of sp³-hybridized carbons (Fsp3) is 0.222. The van der Waals surface area contributed by atoms with Crippen LogP contribution in [0.2, 0.25) is 0 Å². The second-order valence-corrected chi connectivity index (χ2v) is 5.60. The van der Waals surface area contributed by atoms with Crippen molar-refractivity contribution in [3.63, 3.8) is 0 Å². The predicted molar refractivity (Wildman–Crippen MR) is 102 cm³/mol. The van der Waals surface area contributed by atoms with Gasteiger partial charge in [0, 0.05) is 17.3 Å². The van der Waals surface area contributed by atoms with Gasteiger partial charge >= 0.3 is 0 Å². The van der Waals surface area contributed by atoms with Crippen LogP contribution in [0.5, 0.6) is 11.5 Å². The normalized spacial score (nSPS) is 10.9. The summed E-state index contributed by atoms with van der Waals surface area (Å²) in [6.07, 6.45) is 0. The van der Waals surface area contributed by atoms with Crippen molar-refractivity contribution in [2.45, 2.75) is 13.8 Å². The maximum Gasteiger partial charge on any atom is 0.191 e. The molecule has 0 spiro atoms. The number of benzene rings is 2. The molecule has 5 nitrogen and oxygen atoms in total. The Hall–Kier alpha value is -2.60. The number of hydrogen-bond acceptors (Lipinski definition) is 4. The maximum atomic E-state index is 5.39. The average Bonchev–Trinajstić information content (AvgIpc) is 2.61. The van der Waals surface area contributed by atoms with Crippen molar-refractivity contribution >= 4 is 28.7 Å². The lowest BCUT2D eigenvalue weighted by Crippen LogP contribution is -2.25. The van der Waals surface area contributed by atoms with Crippen molar-refractivity contribution in [2.75, 3.05) is 19.5 Å². The molecule has 0 heterocycles. The number of ether oxygens (including phenoxy) is 2. The van der Waals surface area contributed by atoms with Crippen LogP contribution >= 0.6 is 12.2 Å². The minimum absolute atomic E-state index is 0.422. The van der Waals surface area contributed by atoms with Crippen LogP contribution in [0, 0.1) is 6.92 Å². The number of rotatable bonds is 5. The molecule has 0 bridgehead atoms. The molecule has 0 saturated carbocycles. The number of hydrazone groups is 1. The first-order valence-electron chi connectivity index (χ1n) is 7.44. The van der Waals surface area contributed by atoms with Crippen LogP contribution in [-0.2, 0) is 0 Å². The average molecular weight is 343 g/mol. The van der Waals surface area contributed by atoms with Crippen molar-refractivity contribution < 1.29 is 9.47 Å². The molecule has 6 heteroatoms. The lowest BCUT2D eigenvalue weighted by atomic mass is 10.1. The Morgan fingerprint density at radius 1 is 1.04 bits per heavy atom. The van der Waals surface area contributed by atoms with Crippen LogP contribution in [0.1, 0.15) is 18.1 Å². The molecule has 0 aromatic heterocycles. The molecule has 126 valence electrons. The van der Waals surface area contributed by atoms with E-state index in [1.54, 1.807) is 14.2 Å². The van der Waals surface area contributed by atoms with Crippen molar-refractivity contribution in [3.05, 3.63) is 53.6 Å². The number of thiocarbonyl (C=S) groups is 1. The van der Waals surface area contributed by atoms with Gasteiger partial charge in [-0.15, -0.1) is 0 Å². The Bertz CT molecular complexity index is 742. The molecule has 0 unspecified atom stereocenters. The van der Waals surface area contributed by atoms with Gasteiger partial charge in [-0.2, -0.15) is 5.10 Å². The predicted octanol–water partition coefficient (Wildman–Crippen LogP) is 3.72. The van der Waals surface area contributed by atoms with E-state index in [-0.39, 0.29) is 0 Å². The number of anilines is 1. The molecule has 0 atom stereocenters. The zero-order valence-electron chi connectivity index (χ0n) is 14.2. The van der Waals surface area contributed by atoms with Gasteiger partial charge in [-0.25, -0.2) is 0 Å². The number of aryl methyl sites for hydroxylation is 1. The monoisotopic (exact) mass is 343 g/mol.